The second-order valence-electron chi connectivity index (χ2n) is 4.96. The first-order valence-corrected chi connectivity index (χ1v) is 6.81. The highest BCUT2D eigenvalue weighted by atomic mass is 16.5. The number of carbonyl (C=O) groups is 2. The number of aromatic hydroxyl groups is 1. The van der Waals surface area contributed by atoms with E-state index in [0.29, 0.717) is 11.3 Å². The predicted molar refractivity (Wildman–Crippen MR) is 84.2 cm³/mol. The zero-order valence-corrected chi connectivity index (χ0v) is 11.9. The highest BCUT2D eigenvalue weighted by Gasteiger charge is 2.27. The fourth-order valence-electron chi connectivity index (χ4n) is 2.20. The lowest BCUT2D eigenvalue weighted by molar-refractivity contribution is -0.131. The molecule has 0 saturated heterocycles. The predicted octanol–water partition coefficient (Wildman–Crippen LogP) is 3.11. The Morgan fingerprint density at radius 2 is 1.74 bits per heavy atom. The van der Waals surface area contributed by atoms with Gasteiger partial charge in [-0.3, -0.25) is 4.79 Å². The van der Waals surface area contributed by atoms with E-state index in [9.17, 15) is 14.7 Å². The quantitative estimate of drug-likeness (QED) is 0.851. The van der Waals surface area contributed by atoms with E-state index in [4.69, 9.17) is 9.84 Å². The minimum atomic E-state index is -1.01. The first kappa shape index (κ1) is 14.6. The molecule has 5 nitrogen and oxygen atoms in total. The molecule has 0 saturated carbocycles. The van der Waals surface area contributed by atoms with Gasteiger partial charge in [-0.05, 0) is 35.4 Å². The third-order valence-corrected chi connectivity index (χ3v) is 3.31. The number of allylic oxidation sites excluding steroid dienone is 1. The molecule has 1 heterocycles. The molecule has 2 N–H and O–H groups in total. The van der Waals surface area contributed by atoms with Crippen LogP contribution in [0.5, 0.6) is 11.5 Å². The second kappa shape index (κ2) is 5.81. The number of ketones is 1. The van der Waals surface area contributed by atoms with Gasteiger partial charge in [0.1, 0.15) is 11.5 Å². The van der Waals surface area contributed by atoms with Crippen molar-refractivity contribution in [3.8, 4) is 11.5 Å². The van der Waals surface area contributed by atoms with Gasteiger partial charge in [-0.2, -0.15) is 0 Å². The number of phenols is 1. The van der Waals surface area contributed by atoms with Crippen LogP contribution in [0.4, 0.5) is 0 Å². The Hall–Kier alpha value is -3.34. The normalized spacial score (nSPS) is 15.0. The molecule has 0 aliphatic carbocycles. The van der Waals surface area contributed by atoms with Crippen molar-refractivity contribution in [2.75, 3.05) is 0 Å². The van der Waals surface area contributed by atoms with Crippen LogP contribution < -0.4 is 4.74 Å². The first-order chi connectivity index (χ1) is 11.0. The summed E-state index contributed by atoms with van der Waals surface area (Å²) in [5.41, 5.74) is 1.90. The lowest BCUT2D eigenvalue weighted by Crippen LogP contribution is -1.97. The molecular formula is C18H12O5. The van der Waals surface area contributed by atoms with Crippen molar-refractivity contribution in [3.05, 3.63) is 71.0 Å². The Balaban J connectivity index is 1.83. The van der Waals surface area contributed by atoms with Gasteiger partial charge < -0.3 is 14.9 Å². The van der Waals surface area contributed by atoms with E-state index in [1.165, 1.54) is 24.3 Å². The Morgan fingerprint density at radius 3 is 2.43 bits per heavy atom. The van der Waals surface area contributed by atoms with Crippen molar-refractivity contribution in [2.45, 2.75) is 0 Å². The number of hydrogen-bond acceptors (Lipinski definition) is 4. The lowest BCUT2D eigenvalue weighted by atomic mass is 10.1. The number of hydrogen-bond donors (Lipinski definition) is 2. The van der Waals surface area contributed by atoms with Crippen molar-refractivity contribution in [1.29, 1.82) is 0 Å². The van der Waals surface area contributed by atoms with Gasteiger partial charge in [0, 0.05) is 12.1 Å². The number of aliphatic carboxylic acids is 1. The van der Waals surface area contributed by atoms with E-state index in [0.717, 1.165) is 17.2 Å². The molecule has 0 unspecified atom stereocenters. The zero-order chi connectivity index (χ0) is 16.4. The van der Waals surface area contributed by atoms with Crippen LogP contribution in [0.2, 0.25) is 0 Å². The van der Waals surface area contributed by atoms with E-state index in [1.807, 2.05) is 0 Å². The van der Waals surface area contributed by atoms with Crippen LogP contribution in [0.15, 0.2) is 54.3 Å². The molecule has 1 aliphatic rings. The summed E-state index contributed by atoms with van der Waals surface area (Å²) >= 11 is 0. The van der Waals surface area contributed by atoms with Crippen LogP contribution in [0.3, 0.4) is 0 Å². The Morgan fingerprint density at radius 1 is 1.04 bits per heavy atom. The summed E-state index contributed by atoms with van der Waals surface area (Å²) in [6.07, 6.45) is 4.14. The number of rotatable bonds is 3. The summed E-state index contributed by atoms with van der Waals surface area (Å²) in [5.74, 6) is -0.703. The standard InChI is InChI=1S/C18H12O5/c19-13-6-7-14-15(10-13)23-16(18(14)22)9-12-3-1-11(2-4-12)5-8-17(20)21/h1-10,19H,(H,20,21)/b8-5+,16-9-. The molecule has 0 radical (unpaired) electrons. The second-order valence-corrected chi connectivity index (χ2v) is 4.96. The lowest BCUT2D eigenvalue weighted by Gasteiger charge is -1.99. The van der Waals surface area contributed by atoms with Gasteiger partial charge in [0.05, 0.1) is 5.56 Å². The summed E-state index contributed by atoms with van der Waals surface area (Å²) in [4.78, 5) is 22.7. The maximum absolute atomic E-state index is 12.2. The van der Waals surface area contributed by atoms with Crippen molar-refractivity contribution < 1.29 is 24.5 Å². The SMILES string of the molecule is O=C(O)/C=C/c1ccc(/C=C2\Oc3cc(O)ccc3C2=O)cc1. The van der Waals surface area contributed by atoms with E-state index in [1.54, 1.807) is 30.3 Å². The highest BCUT2D eigenvalue weighted by Crippen LogP contribution is 2.34. The third kappa shape index (κ3) is 3.13. The Kier molecular flexibility index (Phi) is 3.68. The largest absolute Gasteiger partial charge is 0.508 e. The van der Waals surface area contributed by atoms with Gasteiger partial charge in [-0.15, -0.1) is 0 Å². The maximum Gasteiger partial charge on any atom is 0.328 e. The molecule has 5 heteroatoms. The molecule has 0 spiro atoms. The number of carbonyl (C=O) groups excluding carboxylic acids is 1. The monoisotopic (exact) mass is 308 g/mol. The number of fused-ring (bicyclic) bond motifs is 1. The topological polar surface area (TPSA) is 83.8 Å². The van der Waals surface area contributed by atoms with Crippen molar-refractivity contribution in [3.63, 3.8) is 0 Å². The number of carboxylic acid groups (broad SMARTS) is 1. The molecule has 2 aromatic rings. The average Bonchev–Trinajstić information content (AvgIpc) is 2.82. The molecule has 3 rings (SSSR count). The minimum Gasteiger partial charge on any atom is -0.508 e. The van der Waals surface area contributed by atoms with Crippen molar-refractivity contribution in [2.24, 2.45) is 0 Å². The molecule has 0 atom stereocenters. The molecule has 0 fully saturated rings. The summed E-state index contributed by atoms with van der Waals surface area (Å²) in [7, 11) is 0. The van der Waals surface area contributed by atoms with E-state index < -0.39 is 5.97 Å². The molecule has 0 amide bonds. The van der Waals surface area contributed by atoms with E-state index in [2.05, 4.69) is 0 Å². The molecule has 1 aliphatic heterocycles. The highest BCUT2D eigenvalue weighted by molar-refractivity contribution is 6.14. The number of phenolic OH excluding ortho intramolecular Hbond substituents is 1. The number of carboxylic acids is 1. The molecule has 0 bridgehead atoms. The number of Topliss-reactive ketones (excluding diaryl/α,β-unsaturated/α-hetero) is 1. The smallest absolute Gasteiger partial charge is 0.328 e. The zero-order valence-electron chi connectivity index (χ0n) is 11.9. The van der Waals surface area contributed by atoms with Crippen LogP contribution in [0.25, 0.3) is 12.2 Å². The van der Waals surface area contributed by atoms with Crippen LogP contribution in [0, 0.1) is 0 Å². The average molecular weight is 308 g/mol. The van der Waals surface area contributed by atoms with Crippen molar-refractivity contribution >= 4 is 23.9 Å². The fraction of sp³-hybridized carbons (Fsp3) is 0. The third-order valence-electron chi connectivity index (χ3n) is 3.31. The maximum atomic E-state index is 12.2. The van der Waals surface area contributed by atoms with E-state index >= 15 is 0 Å². The van der Waals surface area contributed by atoms with Crippen molar-refractivity contribution in [1.82, 2.24) is 0 Å². The Bertz CT molecular complexity index is 844. The van der Waals surface area contributed by atoms with Crippen LogP contribution in [-0.4, -0.2) is 22.0 Å². The van der Waals surface area contributed by atoms with Crippen LogP contribution in [0.1, 0.15) is 21.5 Å². The fourth-order valence-corrected chi connectivity index (χ4v) is 2.20. The Labute approximate surface area is 131 Å². The first-order valence-electron chi connectivity index (χ1n) is 6.81. The van der Waals surface area contributed by atoms with Gasteiger partial charge in [-0.1, -0.05) is 24.3 Å². The van der Waals surface area contributed by atoms with Gasteiger partial charge >= 0.3 is 5.97 Å². The number of benzene rings is 2. The molecule has 2 aromatic carbocycles. The summed E-state index contributed by atoms with van der Waals surface area (Å²) in [6, 6.07) is 11.3. The van der Waals surface area contributed by atoms with E-state index in [-0.39, 0.29) is 17.3 Å². The summed E-state index contributed by atoms with van der Waals surface area (Å²) in [5, 5.41) is 18.0. The number of ether oxygens (including phenoxy) is 1. The molecule has 0 aromatic heterocycles. The minimum absolute atomic E-state index is 0.0346. The van der Waals surface area contributed by atoms with Gasteiger partial charge in [0.2, 0.25) is 5.78 Å². The summed E-state index contributed by atoms with van der Waals surface area (Å²) in [6.45, 7) is 0. The molecule has 114 valence electrons. The van der Waals surface area contributed by atoms with Crippen LogP contribution in [-0.2, 0) is 4.79 Å². The molecule has 23 heavy (non-hydrogen) atoms. The molecular weight excluding hydrogens is 296 g/mol. The van der Waals surface area contributed by atoms with Crippen LogP contribution >= 0.6 is 0 Å². The summed E-state index contributed by atoms with van der Waals surface area (Å²) < 4.78 is 5.47. The van der Waals surface area contributed by atoms with Gasteiger partial charge in [-0.25, -0.2) is 4.79 Å². The van der Waals surface area contributed by atoms with Gasteiger partial charge in [0.25, 0.3) is 0 Å². The van der Waals surface area contributed by atoms with Gasteiger partial charge in [0.15, 0.2) is 5.76 Å².